The number of aliphatic hydroxyl groups is 1. The van der Waals surface area contributed by atoms with Gasteiger partial charge in [-0.05, 0) is 42.8 Å². The highest BCUT2D eigenvalue weighted by Crippen LogP contribution is 2.34. The Kier molecular flexibility index (Phi) is 9.28. The highest BCUT2D eigenvalue weighted by atomic mass is 35.5. The molecule has 1 aromatic heterocycles. The molecule has 0 saturated heterocycles. The van der Waals surface area contributed by atoms with Crippen LogP contribution in [0.5, 0.6) is 17.2 Å². The maximum Gasteiger partial charge on any atom is 0.204 e. The lowest BCUT2D eigenvalue weighted by atomic mass is 10.1. The topological polar surface area (TPSA) is 90.2 Å². The first kappa shape index (κ1) is 26.8. The predicted octanol–water partition coefficient (Wildman–Crippen LogP) is 5.36. The maximum atomic E-state index is 13.5. The minimum atomic E-state index is -0.691. The molecule has 8 heteroatoms. The Labute approximate surface area is 220 Å². The maximum absolute atomic E-state index is 13.5. The second-order valence-electron chi connectivity index (χ2n) is 8.81. The molecule has 1 unspecified atom stereocenters. The molecule has 0 fully saturated rings. The van der Waals surface area contributed by atoms with E-state index in [-0.39, 0.29) is 12.0 Å². The van der Waals surface area contributed by atoms with Gasteiger partial charge in [-0.25, -0.2) is 0 Å². The van der Waals surface area contributed by atoms with Gasteiger partial charge in [0.15, 0.2) is 11.3 Å². The highest BCUT2D eigenvalue weighted by Gasteiger charge is 2.18. The summed E-state index contributed by atoms with van der Waals surface area (Å²) in [6.45, 7) is 3.78. The zero-order chi connectivity index (χ0) is 26.2. The third-order valence-corrected chi connectivity index (χ3v) is 6.22. The number of unbranched alkanes of at least 4 members (excludes halogenated alkanes) is 1. The number of ether oxygens (including phenoxy) is 3. The van der Waals surface area contributed by atoms with Gasteiger partial charge in [-0.15, -0.1) is 0 Å². The molecule has 37 heavy (non-hydrogen) atoms. The van der Waals surface area contributed by atoms with E-state index in [2.05, 4.69) is 12.2 Å². The summed E-state index contributed by atoms with van der Waals surface area (Å²) >= 11 is 6.10. The first-order valence-corrected chi connectivity index (χ1v) is 12.8. The van der Waals surface area contributed by atoms with Crippen LogP contribution in [0, 0.1) is 0 Å². The van der Waals surface area contributed by atoms with E-state index in [0.717, 1.165) is 24.9 Å². The molecule has 2 N–H and O–H groups in total. The number of fused-ring (bicyclic) bond motifs is 2. The van der Waals surface area contributed by atoms with Gasteiger partial charge in [-0.1, -0.05) is 43.1 Å². The van der Waals surface area contributed by atoms with E-state index in [1.54, 1.807) is 30.3 Å². The van der Waals surface area contributed by atoms with E-state index in [1.807, 2.05) is 24.3 Å². The Balaban J connectivity index is 1.63. The first-order valence-electron chi connectivity index (χ1n) is 12.5. The van der Waals surface area contributed by atoms with Gasteiger partial charge in [-0.2, -0.15) is 0 Å². The van der Waals surface area contributed by atoms with Crippen molar-refractivity contribution >= 4 is 33.5 Å². The second kappa shape index (κ2) is 12.8. The van der Waals surface area contributed by atoms with Crippen LogP contribution in [0.15, 0.2) is 63.8 Å². The monoisotopic (exact) mass is 525 g/mol. The Morgan fingerprint density at radius 1 is 1.08 bits per heavy atom. The van der Waals surface area contributed by atoms with Gasteiger partial charge >= 0.3 is 0 Å². The van der Waals surface area contributed by atoms with Crippen molar-refractivity contribution in [2.75, 3.05) is 33.4 Å². The number of hydrogen-bond donors (Lipinski definition) is 2. The molecular weight excluding hydrogens is 494 g/mol. The minimum absolute atomic E-state index is 0.0771. The Morgan fingerprint density at radius 3 is 2.70 bits per heavy atom. The van der Waals surface area contributed by atoms with Crippen LogP contribution in [-0.2, 0) is 6.42 Å². The van der Waals surface area contributed by atoms with Crippen LogP contribution < -0.4 is 25.0 Å². The highest BCUT2D eigenvalue weighted by molar-refractivity contribution is 6.30. The van der Waals surface area contributed by atoms with Crippen molar-refractivity contribution in [2.24, 2.45) is 0 Å². The Morgan fingerprint density at radius 2 is 1.92 bits per heavy atom. The summed E-state index contributed by atoms with van der Waals surface area (Å²) in [4.78, 5) is 13.5. The summed E-state index contributed by atoms with van der Waals surface area (Å²) < 4.78 is 23.5. The number of para-hydroxylation sites is 1. The van der Waals surface area contributed by atoms with Crippen molar-refractivity contribution in [3.8, 4) is 17.2 Å². The summed E-state index contributed by atoms with van der Waals surface area (Å²) in [6.07, 6.45) is 2.04. The van der Waals surface area contributed by atoms with Crippen molar-refractivity contribution in [3.05, 3.63) is 75.4 Å². The number of hydrogen-bond acceptors (Lipinski definition) is 7. The molecule has 0 spiro atoms. The molecular formula is C29H32ClNO6. The average molecular weight is 526 g/mol. The Hall–Kier alpha value is -3.26. The molecule has 0 saturated carbocycles. The van der Waals surface area contributed by atoms with Crippen LogP contribution >= 0.6 is 11.6 Å². The fraction of sp³-hybridized carbons (Fsp3) is 0.345. The van der Waals surface area contributed by atoms with Gasteiger partial charge in [-0.3, -0.25) is 4.79 Å². The van der Waals surface area contributed by atoms with Crippen molar-refractivity contribution < 1.29 is 23.7 Å². The van der Waals surface area contributed by atoms with Crippen LogP contribution in [0.1, 0.15) is 25.3 Å². The lowest BCUT2D eigenvalue weighted by Gasteiger charge is -2.16. The van der Waals surface area contributed by atoms with Crippen LogP contribution in [0.3, 0.4) is 0 Å². The fourth-order valence-corrected chi connectivity index (χ4v) is 4.28. The molecule has 0 aliphatic carbocycles. The lowest BCUT2D eigenvalue weighted by molar-refractivity contribution is 0.106. The summed E-state index contributed by atoms with van der Waals surface area (Å²) in [5.74, 6) is 1.23. The van der Waals surface area contributed by atoms with Crippen LogP contribution in [-0.4, -0.2) is 44.6 Å². The smallest absolute Gasteiger partial charge is 0.204 e. The quantitative estimate of drug-likeness (QED) is 0.179. The van der Waals surface area contributed by atoms with Crippen molar-refractivity contribution in [1.82, 2.24) is 5.32 Å². The largest absolute Gasteiger partial charge is 0.493 e. The van der Waals surface area contributed by atoms with Gasteiger partial charge in [0, 0.05) is 30.1 Å². The number of rotatable bonds is 13. The van der Waals surface area contributed by atoms with E-state index in [1.165, 1.54) is 7.11 Å². The van der Waals surface area contributed by atoms with E-state index in [0.29, 0.717) is 63.8 Å². The molecule has 0 aliphatic heterocycles. The molecule has 196 valence electrons. The standard InChI is InChI=1S/C29H32ClNO6/c1-3-4-12-31-17-21(32)18-36-22-15-25(35-13-11-19-7-5-8-20(30)14-19)27-26(16-22)37-29-23(28(27)33)9-6-10-24(29)34-2/h5-10,14-16,21,31-32H,3-4,11-13,17-18H2,1-2H3. The van der Waals surface area contributed by atoms with Crippen molar-refractivity contribution in [2.45, 2.75) is 32.3 Å². The average Bonchev–Trinajstić information content (AvgIpc) is 2.89. The second-order valence-corrected chi connectivity index (χ2v) is 9.25. The number of benzene rings is 3. The van der Waals surface area contributed by atoms with Gasteiger partial charge in [0.1, 0.15) is 35.2 Å². The third kappa shape index (κ3) is 6.74. The van der Waals surface area contributed by atoms with Gasteiger partial charge in [0.25, 0.3) is 0 Å². The van der Waals surface area contributed by atoms with Crippen LogP contribution in [0.2, 0.25) is 5.02 Å². The summed E-state index contributed by atoms with van der Waals surface area (Å²) in [5.41, 5.74) is 1.46. The van der Waals surface area contributed by atoms with E-state index >= 15 is 0 Å². The molecule has 4 rings (SSSR count). The summed E-state index contributed by atoms with van der Waals surface area (Å²) in [7, 11) is 1.53. The zero-order valence-electron chi connectivity index (χ0n) is 21.1. The number of halogens is 1. The molecule has 0 bridgehead atoms. The fourth-order valence-electron chi connectivity index (χ4n) is 4.07. The van der Waals surface area contributed by atoms with Crippen molar-refractivity contribution in [3.63, 3.8) is 0 Å². The van der Waals surface area contributed by atoms with Crippen molar-refractivity contribution in [1.29, 1.82) is 0 Å². The summed E-state index contributed by atoms with van der Waals surface area (Å²) in [5, 5.41) is 14.9. The molecule has 0 radical (unpaired) electrons. The normalized spacial score (nSPS) is 12.1. The zero-order valence-corrected chi connectivity index (χ0v) is 21.8. The SMILES string of the molecule is CCCCNCC(O)COc1cc(OCCc2cccc(Cl)c2)c2c(=O)c3cccc(OC)c3oc2c1. The molecule has 0 amide bonds. The van der Waals surface area contributed by atoms with Gasteiger partial charge < -0.3 is 29.1 Å². The number of methoxy groups -OCH3 is 1. The first-order chi connectivity index (χ1) is 18.0. The number of aliphatic hydroxyl groups excluding tert-OH is 1. The third-order valence-electron chi connectivity index (χ3n) is 5.99. The van der Waals surface area contributed by atoms with Crippen LogP contribution in [0.25, 0.3) is 21.9 Å². The van der Waals surface area contributed by atoms with E-state index < -0.39 is 6.10 Å². The van der Waals surface area contributed by atoms with Gasteiger partial charge in [0.2, 0.25) is 5.43 Å². The molecule has 1 atom stereocenters. The predicted molar refractivity (Wildman–Crippen MR) is 146 cm³/mol. The molecule has 1 heterocycles. The lowest BCUT2D eigenvalue weighted by Crippen LogP contribution is -2.31. The number of nitrogens with one attached hydrogen (secondary N) is 1. The van der Waals surface area contributed by atoms with E-state index in [4.69, 9.17) is 30.2 Å². The molecule has 4 aromatic rings. The minimum Gasteiger partial charge on any atom is -0.493 e. The van der Waals surface area contributed by atoms with Gasteiger partial charge in [0.05, 0.1) is 19.1 Å². The Bertz CT molecular complexity index is 1400. The van der Waals surface area contributed by atoms with Crippen LogP contribution in [0.4, 0.5) is 0 Å². The molecule has 3 aromatic carbocycles. The van der Waals surface area contributed by atoms with E-state index in [9.17, 15) is 9.90 Å². The molecule has 7 nitrogen and oxygen atoms in total. The summed E-state index contributed by atoms with van der Waals surface area (Å²) in [6, 6.07) is 16.0. The molecule has 0 aliphatic rings.